The molecule has 0 amide bonds. The molecule has 0 aromatic heterocycles. The molecule has 1 fully saturated rings. The van der Waals surface area contributed by atoms with E-state index in [0.717, 1.165) is 49.1 Å². The summed E-state index contributed by atoms with van der Waals surface area (Å²) in [5, 5.41) is 21.6. The van der Waals surface area contributed by atoms with Gasteiger partial charge in [-0.15, -0.1) is 0 Å². The molecule has 0 radical (unpaired) electrons. The molecule has 12 heteroatoms. The number of aliphatic hydroxyl groups is 2. The lowest BCUT2D eigenvalue weighted by atomic mass is 9.77. The third-order valence-corrected chi connectivity index (χ3v) is 8.81. The van der Waals surface area contributed by atoms with Gasteiger partial charge in [-0.25, -0.2) is 4.79 Å². The summed E-state index contributed by atoms with van der Waals surface area (Å²) in [6.07, 6.45) is -1.95. The maximum Gasteiger partial charge on any atom is 0.422 e. The van der Waals surface area contributed by atoms with Crippen LogP contribution in [0, 0.1) is 0 Å². The van der Waals surface area contributed by atoms with Gasteiger partial charge in [-0.2, -0.15) is 13.2 Å². The van der Waals surface area contributed by atoms with Crippen LogP contribution in [0.5, 0.6) is 11.5 Å². The molecule has 0 saturated carbocycles. The van der Waals surface area contributed by atoms with Crippen molar-refractivity contribution in [3.05, 3.63) is 34.9 Å². The van der Waals surface area contributed by atoms with E-state index in [-0.39, 0.29) is 32.0 Å². The molecule has 3 aliphatic heterocycles. The zero-order valence-corrected chi connectivity index (χ0v) is 24.1. The maximum atomic E-state index is 13.8. The van der Waals surface area contributed by atoms with Gasteiger partial charge in [0, 0.05) is 12.5 Å². The first-order valence-corrected chi connectivity index (χ1v) is 14.4. The van der Waals surface area contributed by atoms with Crippen LogP contribution in [-0.2, 0) is 25.5 Å². The van der Waals surface area contributed by atoms with Crippen molar-refractivity contribution >= 4 is 11.9 Å². The number of carbonyl (C=O) groups excluding carboxylic acids is 2. The Bertz CT molecular complexity index is 1260. The molecule has 1 saturated heterocycles. The monoisotopic (exact) mass is 597 g/mol. The lowest BCUT2D eigenvalue weighted by Gasteiger charge is -2.40. The van der Waals surface area contributed by atoms with E-state index in [1.807, 2.05) is 19.1 Å². The first kappa shape index (κ1) is 30.6. The fourth-order valence-corrected chi connectivity index (χ4v) is 6.95. The maximum absolute atomic E-state index is 13.8. The summed E-state index contributed by atoms with van der Waals surface area (Å²) in [4.78, 5) is 28.5. The number of hydrogen-bond acceptors (Lipinski definition) is 9. The van der Waals surface area contributed by atoms with Gasteiger partial charge < -0.3 is 29.2 Å². The molecule has 42 heavy (non-hydrogen) atoms. The van der Waals surface area contributed by atoms with Gasteiger partial charge in [0.25, 0.3) is 0 Å². The summed E-state index contributed by atoms with van der Waals surface area (Å²) in [6.45, 7) is 4.89. The minimum absolute atomic E-state index is 0.106. The van der Waals surface area contributed by atoms with E-state index in [0.29, 0.717) is 11.5 Å². The Morgan fingerprint density at radius 3 is 2.52 bits per heavy atom. The smallest absolute Gasteiger partial charge is 0.422 e. The molecule has 5 rings (SSSR count). The molecule has 1 spiro atoms. The van der Waals surface area contributed by atoms with E-state index in [4.69, 9.17) is 14.2 Å². The fourth-order valence-electron chi connectivity index (χ4n) is 6.95. The van der Waals surface area contributed by atoms with E-state index in [1.165, 1.54) is 0 Å². The molecule has 3 heterocycles. The van der Waals surface area contributed by atoms with E-state index < -0.39 is 54.0 Å². The number of nitrogens with zero attached hydrogens (tertiary/aromatic N) is 1. The molecule has 1 unspecified atom stereocenters. The minimum Gasteiger partial charge on any atom is -0.456 e. The number of hydrogen-bond donors (Lipinski definition) is 2. The largest absolute Gasteiger partial charge is 0.456 e. The first-order chi connectivity index (χ1) is 19.6. The van der Waals surface area contributed by atoms with Gasteiger partial charge in [-0.3, -0.25) is 9.69 Å². The molecule has 1 aliphatic carbocycles. The van der Waals surface area contributed by atoms with Crippen molar-refractivity contribution in [2.24, 2.45) is 0 Å². The van der Waals surface area contributed by atoms with Crippen LogP contribution in [0.1, 0.15) is 76.3 Å². The average molecular weight is 598 g/mol. The fraction of sp³-hybridized carbons (Fsp3) is 0.667. The zero-order valence-electron chi connectivity index (χ0n) is 24.1. The van der Waals surface area contributed by atoms with Crippen LogP contribution in [-0.4, -0.2) is 82.6 Å². The number of halogens is 3. The van der Waals surface area contributed by atoms with Crippen LogP contribution in [0.2, 0.25) is 0 Å². The number of esters is 2. The summed E-state index contributed by atoms with van der Waals surface area (Å²) in [5.41, 5.74) is -1.24. The summed E-state index contributed by atoms with van der Waals surface area (Å²) in [5.74, 6) is -1.58. The highest BCUT2D eigenvalue weighted by molar-refractivity contribution is 5.86. The molecule has 0 bridgehead atoms. The van der Waals surface area contributed by atoms with Crippen molar-refractivity contribution in [1.82, 2.24) is 4.90 Å². The highest BCUT2D eigenvalue weighted by atomic mass is 19.4. The number of ether oxygens (including phenoxy) is 4. The van der Waals surface area contributed by atoms with E-state index >= 15 is 0 Å². The average Bonchev–Trinajstić information content (AvgIpc) is 3.55. The summed E-state index contributed by atoms with van der Waals surface area (Å²) < 4.78 is 59.7. The van der Waals surface area contributed by atoms with Crippen LogP contribution < -0.4 is 9.47 Å². The summed E-state index contributed by atoms with van der Waals surface area (Å²) >= 11 is 0. The summed E-state index contributed by atoms with van der Waals surface area (Å²) in [6, 6.07) is 3.90. The van der Waals surface area contributed by atoms with Crippen molar-refractivity contribution in [3.8, 4) is 11.5 Å². The highest BCUT2D eigenvalue weighted by Crippen LogP contribution is 2.55. The van der Waals surface area contributed by atoms with Crippen molar-refractivity contribution in [2.75, 3.05) is 26.5 Å². The van der Waals surface area contributed by atoms with E-state index in [1.54, 1.807) is 13.8 Å². The standard InChI is InChI=1S/C30H38F3NO8/c1-18-14-28-8-5-10-34(28)11-6-19-12-21-22(41-17-40-21)13-20(19)24(28)25(18)42-26(36)29(38,9-4-7-27(2,3)37)15-23(35)39-16-30(31,32)33/h12-14,24-25,37-38H,4-11,15-17H2,1-3H3/t24-,25?,28-,29-/m1/s1. The van der Waals surface area contributed by atoms with Gasteiger partial charge in [-0.05, 0) is 94.7 Å². The Kier molecular flexibility index (Phi) is 8.04. The molecular formula is C30H38F3NO8. The molecule has 1 aromatic carbocycles. The third kappa shape index (κ3) is 6.12. The van der Waals surface area contributed by atoms with Crippen LogP contribution in [0.15, 0.2) is 23.8 Å². The van der Waals surface area contributed by atoms with Crippen molar-refractivity contribution in [1.29, 1.82) is 0 Å². The van der Waals surface area contributed by atoms with Crippen LogP contribution in [0.3, 0.4) is 0 Å². The Labute approximate surface area is 242 Å². The Hall–Kier alpha value is -2.83. The predicted octanol–water partition coefficient (Wildman–Crippen LogP) is 3.93. The molecule has 1 aromatic rings. The van der Waals surface area contributed by atoms with E-state index in [2.05, 4.69) is 15.7 Å². The number of benzene rings is 1. The van der Waals surface area contributed by atoms with Gasteiger partial charge in [0.2, 0.25) is 6.79 Å². The number of fused-ring (bicyclic) bond motifs is 3. The quantitative estimate of drug-likeness (QED) is 0.323. The Morgan fingerprint density at radius 2 is 1.83 bits per heavy atom. The predicted molar refractivity (Wildman–Crippen MR) is 143 cm³/mol. The van der Waals surface area contributed by atoms with Crippen molar-refractivity contribution < 1.29 is 51.9 Å². The van der Waals surface area contributed by atoms with Gasteiger partial charge in [0.15, 0.2) is 23.7 Å². The van der Waals surface area contributed by atoms with Crippen molar-refractivity contribution in [3.63, 3.8) is 0 Å². The SMILES string of the molecule is CC1=C[C@@]23CCCN2CCc2cc4c(cc2[C@@H]3C1OC(=O)[C@@](O)(CCCC(C)(C)O)CC(=O)OCC(F)(F)F)OCO4. The minimum atomic E-state index is -4.76. The summed E-state index contributed by atoms with van der Waals surface area (Å²) in [7, 11) is 0. The van der Waals surface area contributed by atoms with Crippen LogP contribution >= 0.6 is 0 Å². The number of carbonyl (C=O) groups is 2. The molecule has 4 atom stereocenters. The van der Waals surface area contributed by atoms with Gasteiger partial charge in [0.05, 0.1) is 17.6 Å². The van der Waals surface area contributed by atoms with Crippen molar-refractivity contribution in [2.45, 2.75) is 101 Å². The second-order valence-electron chi connectivity index (χ2n) is 12.6. The second kappa shape index (κ2) is 11.0. The Morgan fingerprint density at radius 1 is 1.12 bits per heavy atom. The van der Waals surface area contributed by atoms with Gasteiger partial charge >= 0.3 is 18.1 Å². The molecule has 2 N–H and O–H groups in total. The lowest BCUT2D eigenvalue weighted by Crippen LogP contribution is -2.49. The molecule has 232 valence electrons. The first-order valence-electron chi connectivity index (χ1n) is 14.4. The lowest BCUT2D eigenvalue weighted by molar-refractivity contribution is -0.193. The third-order valence-electron chi connectivity index (χ3n) is 8.81. The van der Waals surface area contributed by atoms with Crippen LogP contribution in [0.4, 0.5) is 13.2 Å². The second-order valence-corrected chi connectivity index (χ2v) is 12.6. The highest BCUT2D eigenvalue weighted by Gasteiger charge is 2.57. The van der Waals surface area contributed by atoms with E-state index in [9.17, 15) is 33.0 Å². The topological polar surface area (TPSA) is 115 Å². The normalized spacial score (nSPS) is 26.4. The zero-order chi connectivity index (χ0) is 30.5. The van der Waals surface area contributed by atoms with Crippen LogP contribution in [0.25, 0.3) is 0 Å². The van der Waals surface area contributed by atoms with Gasteiger partial charge in [-0.1, -0.05) is 6.08 Å². The molecule has 9 nitrogen and oxygen atoms in total. The molecular weight excluding hydrogens is 559 g/mol. The number of alkyl halides is 3. The molecule has 4 aliphatic rings. The number of rotatable bonds is 9. The Balaban J connectivity index is 1.44. The van der Waals surface area contributed by atoms with Gasteiger partial charge in [0.1, 0.15) is 6.10 Å².